The lowest BCUT2D eigenvalue weighted by atomic mass is 9.91. The SMILES string of the molecule is CCc1nnc(C)cc1C(=O)NC1CCC(N)CC1. The molecule has 1 aromatic heterocycles. The Balaban J connectivity index is 2.05. The Morgan fingerprint density at radius 3 is 2.68 bits per heavy atom. The average molecular weight is 262 g/mol. The van der Waals surface area contributed by atoms with Crippen LogP contribution < -0.4 is 11.1 Å². The second-order valence-electron chi connectivity index (χ2n) is 5.28. The maximum atomic E-state index is 12.3. The topological polar surface area (TPSA) is 80.9 Å². The van der Waals surface area contributed by atoms with E-state index in [1.54, 1.807) is 0 Å². The van der Waals surface area contributed by atoms with Crippen LogP contribution in [-0.4, -0.2) is 28.2 Å². The summed E-state index contributed by atoms with van der Waals surface area (Å²) in [6.45, 7) is 3.83. The fourth-order valence-electron chi connectivity index (χ4n) is 2.50. The first-order valence-corrected chi connectivity index (χ1v) is 6.99. The molecule has 1 aliphatic rings. The van der Waals surface area contributed by atoms with Gasteiger partial charge in [0.2, 0.25) is 0 Å². The van der Waals surface area contributed by atoms with E-state index in [-0.39, 0.29) is 11.9 Å². The largest absolute Gasteiger partial charge is 0.349 e. The third-order valence-electron chi connectivity index (χ3n) is 3.68. The molecule has 1 heterocycles. The van der Waals surface area contributed by atoms with Gasteiger partial charge in [-0.1, -0.05) is 6.92 Å². The molecule has 0 radical (unpaired) electrons. The number of aromatic nitrogens is 2. The van der Waals surface area contributed by atoms with Crippen LogP contribution >= 0.6 is 0 Å². The predicted octanol–water partition coefficient (Wildman–Crippen LogP) is 1.35. The van der Waals surface area contributed by atoms with Gasteiger partial charge in [-0.15, -0.1) is 0 Å². The highest BCUT2D eigenvalue weighted by molar-refractivity contribution is 5.95. The highest BCUT2D eigenvalue weighted by atomic mass is 16.1. The summed E-state index contributed by atoms with van der Waals surface area (Å²) in [5.74, 6) is -0.0321. The van der Waals surface area contributed by atoms with Crippen LogP contribution in [0.25, 0.3) is 0 Å². The molecule has 1 fully saturated rings. The van der Waals surface area contributed by atoms with E-state index in [9.17, 15) is 4.79 Å². The fraction of sp³-hybridized carbons (Fsp3) is 0.643. The van der Waals surface area contributed by atoms with Gasteiger partial charge in [-0.25, -0.2) is 0 Å². The molecular formula is C14H22N4O. The van der Waals surface area contributed by atoms with E-state index in [4.69, 9.17) is 5.73 Å². The maximum absolute atomic E-state index is 12.3. The van der Waals surface area contributed by atoms with Gasteiger partial charge in [-0.3, -0.25) is 4.79 Å². The summed E-state index contributed by atoms with van der Waals surface area (Å²) in [7, 11) is 0. The van der Waals surface area contributed by atoms with Crippen LogP contribution in [0.5, 0.6) is 0 Å². The molecule has 0 spiro atoms. The van der Waals surface area contributed by atoms with Crippen molar-refractivity contribution in [3.05, 3.63) is 23.0 Å². The minimum atomic E-state index is -0.0321. The monoisotopic (exact) mass is 262 g/mol. The van der Waals surface area contributed by atoms with Gasteiger partial charge >= 0.3 is 0 Å². The van der Waals surface area contributed by atoms with Gasteiger partial charge < -0.3 is 11.1 Å². The zero-order chi connectivity index (χ0) is 13.8. The van der Waals surface area contributed by atoms with Crippen LogP contribution in [0.2, 0.25) is 0 Å². The Labute approximate surface area is 114 Å². The number of aryl methyl sites for hydroxylation is 2. The summed E-state index contributed by atoms with van der Waals surface area (Å²) >= 11 is 0. The van der Waals surface area contributed by atoms with Gasteiger partial charge in [0.25, 0.3) is 5.91 Å². The van der Waals surface area contributed by atoms with E-state index < -0.39 is 0 Å². The van der Waals surface area contributed by atoms with Crippen LogP contribution in [0.1, 0.15) is 54.4 Å². The molecule has 0 aliphatic heterocycles. The zero-order valence-electron chi connectivity index (χ0n) is 11.6. The summed E-state index contributed by atoms with van der Waals surface area (Å²) in [5.41, 5.74) is 8.06. The molecule has 0 saturated heterocycles. The molecule has 0 bridgehead atoms. The number of hydrogen-bond donors (Lipinski definition) is 2. The molecule has 0 atom stereocenters. The number of nitrogens with zero attached hydrogens (tertiary/aromatic N) is 2. The van der Waals surface area contributed by atoms with Gasteiger partial charge in [-0.05, 0) is 45.1 Å². The van der Waals surface area contributed by atoms with E-state index in [0.29, 0.717) is 18.0 Å². The molecule has 2 rings (SSSR count). The molecule has 5 heteroatoms. The Morgan fingerprint density at radius 2 is 2.05 bits per heavy atom. The average Bonchev–Trinajstić information content (AvgIpc) is 2.41. The lowest BCUT2D eigenvalue weighted by molar-refractivity contribution is 0.0924. The van der Waals surface area contributed by atoms with Gasteiger partial charge in [0, 0.05) is 12.1 Å². The lowest BCUT2D eigenvalue weighted by Crippen LogP contribution is -2.40. The Bertz CT molecular complexity index is 453. The van der Waals surface area contributed by atoms with Crippen LogP contribution in [0.3, 0.4) is 0 Å². The van der Waals surface area contributed by atoms with E-state index in [2.05, 4.69) is 15.5 Å². The van der Waals surface area contributed by atoms with E-state index in [1.165, 1.54) is 0 Å². The summed E-state index contributed by atoms with van der Waals surface area (Å²) in [6.07, 6.45) is 4.61. The number of nitrogens with two attached hydrogens (primary N) is 1. The molecule has 5 nitrogen and oxygen atoms in total. The highest BCUT2D eigenvalue weighted by Crippen LogP contribution is 2.18. The van der Waals surface area contributed by atoms with Crippen molar-refractivity contribution >= 4 is 5.91 Å². The first-order valence-electron chi connectivity index (χ1n) is 6.99. The number of carbonyl (C=O) groups excluding carboxylic acids is 1. The molecular weight excluding hydrogens is 240 g/mol. The van der Waals surface area contributed by atoms with E-state index in [1.807, 2.05) is 19.9 Å². The second-order valence-corrected chi connectivity index (χ2v) is 5.28. The van der Waals surface area contributed by atoms with Crippen LogP contribution in [-0.2, 0) is 6.42 Å². The third kappa shape index (κ3) is 3.50. The Hall–Kier alpha value is -1.49. The first-order chi connectivity index (χ1) is 9.10. The molecule has 1 aromatic rings. The number of hydrogen-bond acceptors (Lipinski definition) is 4. The Morgan fingerprint density at radius 1 is 1.37 bits per heavy atom. The molecule has 1 aliphatic carbocycles. The van der Waals surface area contributed by atoms with Crippen molar-refractivity contribution in [1.82, 2.24) is 15.5 Å². The van der Waals surface area contributed by atoms with Crippen LogP contribution in [0.4, 0.5) is 0 Å². The van der Waals surface area contributed by atoms with Crippen molar-refractivity contribution in [1.29, 1.82) is 0 Å². The van der Waals surface area contributed by atoms with Crippen molar-refractivity contribution in [2.75, 3.05) is 0 Å². The molecule has 0 aromatic carbocycles. The second kappa shape index (κ2) is 6.10. The van der Waals surface area contributed by atoms with E-state index >= 15 is 0 Å². The van der Waals surface area contributed by atoms with Crippen LogP contribution in [0, 0.1) is 6.92 Å². The smallest absolute Gasteiger partial charge is 0.253 e. The molecule has 1 amide bonds. The summed E-state index contributed by atoms with van der Waals surface area (Å²) < 4.78 is 0. The highest BCUT2D eigenvalue weighted by Gasteiger charge is 2.22. The van der Waals surface area contributed by atoms with E-state index in [0.717, 1.165) is 37.1 Å². The third-order valence-corrected chi connectivity index (χ3v) is 3.68. The number of nitrogens with one attached hydrogen (secondary N) is 1. The van der Waals surface area contributed by atoms with Gasteiger partial charge in [0.05, 0.1) is 17.0 Å². The van der Waals surface area contributed by atoms with Crippen molar-refractivity contribution in [2.24, 2.45) is 5.73 Å². The Kier molecular flexibility index (Phi) is 4.47. The van der Waals surface area contributed by atoms with Crippen molar-refractivity contribution < 1.29 is 4.79 Å². The minimum absolute atomic E-state index is 0.0321. The number of carbonyl (C=O) groups is 1. The molecule has 19 heavy (non-hydrogen) atoms. The molecule has 0 unspecified atom stereocenters. The quantitative estimate of drug-likeness (QED) is 0.861. The molecule has 3 N–H and O–H groups in total. The van der Waals surface area contributed by atoms with Crippen molar-refractivity contribution in [2.45, 2.75) is 58.0 Å². The fourth-order valence-corrected chi connectivity index (χ4v) is 2.50. The van der Waals surface area contributed by atoms with Gasteiger partial charge in [0.15, 0.2) is 0 Å². The van der Waals surface area contributed by atoms with Crippen LogP contribution in [0.15, 0.2) is 6.07 Å². The summed E-state index contributed by atoms with van der Waals surface area (Å²) in [4.78, 5) is 12.3. The molecule has 1 saturated carbocycles. The van der Waals surface area contributed by atoms with Gasteiger partial charge in [-0.2, -0.15) is 10.2 Å². The predicted molar refractivity (Wildman–Crippen MR) is 73.8 cm³/mol. The first kappa shape index (κ1) is 13.9. The zero-order valence-corrected chi connectivity index (χ0v) is 11.6. The summed E-state index contributed by atoms with van der Waals surface area (Å²) in [5, 5.41) is 11.2. The number of rotatable bonds is 3. The lowest BCUT2D eigenvalue weighted by Gasteiger charge is -2.27. The summed E-state index contributed by atoms with van der Waals surface area (Å²) in [6, 6.07) is 2.35. The maximum Gasteiger partial charge on any atom is 0.253 e. The normalized spacial score (nSPS) is 23.1. The number of amides is 1. The minimum Gasteiger partial charge on any atom is -0.349 e. The van der Waals surface area contributed by atoms with Crippen molar-refractivity contribution in [3.8, 4) is 0 Å². The van der Waals surface area contributed by atoms with Crippen molar-refractivity contribution in [3.63, 3.8) is 0 Å². The standard InChI is InChI=1S/C14H22N4O/c1-3-13-12(8-9(2)17-18-13)14(19)16-11-6-4-10(15)5-7-11/h8,10-11H,3-7,15H2,1-2H3,(H,16,19). The molecule has 104 valence electrons. The van der Waals surface area contributed by atoms with Gasteiger partial charge in [0.1, 0.15) is 0 Å².